The van der Waals surface area contributed by atoms with Crippen molar-refractivity contribution in [3.8, 4) is 0 Å². The van der Waals surface area contributed by atoms with Crippen LogP contribution in [-0.4, -0.2) is 36.7 Å². The first-order valence-electron chi connectivity index (χ1n) is 10.7. The maximum Gasteiger partial charge on any atom is 0.410 e. The van der Waals surface area contributed by atoms with Crippen LogP contribution >= 0.6 is 0 Å². The second-order valence-corrected chi connectivity index (χ2v) is 7.32. The second-order valence-electron chi connectivity index (χ2n) is 7.32. The lowest BCUT2D eigenvalue weighted by Gasteiger charge is -2.22. The van der Waals surface area contributed by atoms with E-state index in [1.165, 1.54) is 49.8 Å². The predicted molar refractivity (Wildman–Crippen MR) is 112 cm³/mol. The average molecular weight is 392 g/mol. The van der Waals surface area contributed by atoms with Gasteiger partial charge in [0.2, 0.25) is 0 Å². The van der Waals surface area contributed by atoms with Gasteiger partial charge in [-0.1, -0.05) is 88.6 Å². The molecule has 0 bridgehead atoms. The van der Waals surface area contributed by atoms with Gasteiger partial charge in [0.1, 0.15) is 12.6 Å². The molecule has 0 fully saturated rings. The maximum absolute atomic E-state index is 12.1. The maximum atomic E-state index is 12.1. The van der Waals surface area contributed by atoms with Gasteiger partial charge in [-0.15, -0.1) is 0 Å². The van der Waals surface area contributed by atoms with Gasteiger partial charge in [-0.2, -0.15) is 0 Å². The summed E-state index contributed by atoms with van der Waals surface area (Å²) in [4.78, 5) is 25.5. The molecule has 1 aromatic carbocycles. The molecule has 1 atom stereocenters. The summed E-state index contributed by atoms with van der Waals surface area (Å²) in [6.07, 6.45) is 10.4. The Hall–Kier alpha value is -2.04. The number of hydrogen-bond donors (Lipinski definition) is 0. The second kappa shape index (κ2) is 14.9. The van der Waals surface area contributed by atoms with Crippen molar-refractivity contribution in [2.24, 2.45) is 0 Å². The highest BCUT2D eigenvalue weighted by atomic mass is 16.6. The third kappa shape index (κ3) is 10.3. The van der Waals surface area contributed by atoms with Crippen molar-refractivity contribution in [2.45, 2.75) is 84.3 Å². The summed E-state index contributed by atoms with van der Waals surface area (Å²) in [7, 11) is 1.55. The lowest BCUT2D eigenvalue weighted by Crippen LogP contribution is -2.41. The fourth-order valence-corrected chi connectivity index (χ4v) is 2.84. The van der Waals surface area contributed by atoms with Crippen LogP contribution in [0, 0.1) is 0 Å². The molecule has 0 aliphatic rings. The van der Waals surface area contributed by atoms with Gasteiger partial charge < -0.3 is 9.47 Å². The van der Waals surface area contributed by atoms with E-state index in [-0.39, 0.29) is 6.61 Å². The van der Waals surface area contributed by atoms with Crippen LogP contribution in [0.15, 0.2) is 30.3 Å². The highest BCUT2D eigenvalue weighted by Crippen LogP contribution is 2.10. The van der Waals surface area contributed by atoms with Crippen LogP contribution in [0.1, 0.15) is 77.2 Å². The van der Waals surface area contributed by atoms with Crippen LogP contribution in [-0.2, 0) is 20.9 Å². The van der Waals surface area contributed by atoms with Gasteiger partial charge in [-0.05, 0) is 18.9 Å². The van der Waals surface area contributed by atoms with E-state index in [9.17, 15) is 9.59 Å². The van der Waals surface area contributed by atoms with Crippen LogP contribution in [0.5, 0.6) is 0 Å². The van der Waals surface area contributed by atoms with E-state index < -0.39 is 18.1 Å². The van der Waals surface area contributed by atoms with Crippen LogP contribution in [0.2, 0.25) is 0 Å². The van der Waals surface area contributed by atoms with Gasteiger partial charge in [0.05, 0.1) is 6.61 Å². The van der Waals surface area contributed by atoms with Crippen molar-refractivity contribution >= 4 is 12.1 Å². The first-order valence-corrected chi connectivity index (χ1v) is 10.7. The van der Waals surface area contributed by atoms with Gasteiger partial charge >= 0.3 is 12.1 Å². The molecule has 1 unspecified atom stereocenters. The average Bonchev–Trinajstić information content (AvgIpc) is 2.72. The number of rotatable bonds is 14. The van der Waals surface area contributed by atoms with Crippen molar-refractivity contribution in [2.75, 3.05) is 13.7 Å². The minimum atomic E-state index is -0.665. The molecule has 5 heteroatoms. The van der Waals surface area contributed by atoms with Crippen LogP contribution in [0.25, 0.3) is 0 Å². The predicted octanol–water partition coefficient (Wildman–Crippen LogP) is 5.72. The zero-order chi connectivity index (χ0) is 20.6. The smallest absolute Gasteiger partial charge is 0.410 e. The van der Waals surface area contributed by atoms with Crippen LogP contribution < -0.4 is 0 Å². The van der Waals surface area contributed by atoms with Crippen molar-refractivity contribution in [3.63, 3.8) is 0 Å². The molecule has 0 radical (unpaired) electrons. The summed E-state index contributed by atoms with van der Waals surface area (Å²) in [5.74, 6) is -0.390. The van der Waals surface area contributed by atoms with Gasteiger partial charge in [-0.25, -0.2) is 9.59 Å². The van der Waals surface area contributed by atoms with E-state index >= 15 is 0 Å². The van der Waals surface area contributed by atoms with E-state index in [1.807, 2.05) is 30.3 Å². The number of hydrogen-bond acceptors (Lipinski definition) is 4. The number of likely N-dealkylation sites (N-methyl/N-ethyl adjacent to an activating group) is 1. The molecule has 0 spiro atoms. The fraction of sp³-hybridized carbons (Fsp3) is 0.652. The molecule has 0 aliphatic carbocycles. The third-order valence-electron chi connectivity index (χ3n) is 4.91. The van der Waals surface area contributed by atoms with Gasteiger partial charge in [-0.3, -0.25) is 4.90 Å². The number of carbonyl (C=O) groups is 2. The Labute approximate surface area is 170 Å². The molecule has 0 heterocycles. The molecule has 0 N–H and O–H groups in total. The largest absolute Gasteiger partial charge is 0.464 e. The molecule has 0 saturated carbocycles. The summed E-state index contributed by atoms with van der Waals surface area (Å²) < 4.78 is 10.6. The standard InChI is InChI=1S/C23H37NO4/c1-4-5-6-7-8-9-10-11-15-18-27-22(25)20(2)24(3)23(26)28-19-21-16-13-12-14-17-21/h12-14,16-17,20H,4-11,15,18-19H2,1-3H3. The van der Waals surface area contributed by atoms with Crippen molar-refractivity contribution < 1.29 is 19.1 Å². The van der Waals surface area contributed by atoms with E-state index in [4.69, 9.17) is 9.47 Å². The minimum absolute atomic E-state index is 0.185. The Kier molecular flexibility index (Phi) is 12.8. The molecule has 1 rings (SSSR count). The van der Waals surface area contributed by atoms with Crippen molar-refractivity contribution in [1.82, 2.24) is 4.90 Å². The van der Waals surface area contributed by atoms with Crippen LogP contribution in [0.3, 0.4) is 0 Å². The van der Waals surface area contributed by atoms with Crippen molar-refractivity contribution in [1.29, 1.82) is 0 Å². The molecule has 158 valence electrons. The monoisotopic (exact) mass is 391 g/mol. The molecular formula is C23H37NO4. The zero-order valence-corrected chi connectivity index (χ0v) is 17.8. The number of unbranched alkanes of at least 4 members (excludes halogenated alkanes) is 8. The molecule has 0 saturated heterocycles. The normalized spacial score (nSPS) is 11.7. The topological polar surface area (TPSA) is 55.8 Å². The number of ether oxygens (including phenoxy) is 2. The van der Waals surface area contributed by atoms with E-state index in [0.717, 1.165) is 18.4 Å². The zero-order valence-electron chi connectivity index (χ0n) is 17.8. The van der Waals surface area contributed by atoms with Gasteiger partial charge in [0, 0.05) is 7.05 Å². The summed E-state index contributed by atoms with van der Waals surface area (Å²) >= 11 is 0. The number of amides is 1. The Morgan fingerprint density at radius 1 is 0.893 bits per heavy atom. The summed E-state index contributed by atoms with van der Waals surface area (Å²) in [6, 6.07) is 8.79. The lowest BCUT2D eigenvalue weighted by molar-refractivity contribution is -0.148. The molecular weight excluding hydrogens is 354 g/mol. The Balaban J connectivity index is 2.11. The number of carbonyl (C=O) groups excluding carboxylic acids is 2. The highest BCUT2D eigenvalue weighted by Gasteiger charge is 2.24. The SMILES string of the molecule is CCCCCCCCCCCOC(=O)C(C)N(C)C(=O)OCc1ccccc1. The first kappa shape index (κ1) is 24.0. The first-order chi connectivity index (χ1) is 13.6. The Morgan fingerprint density at radius 3 is 2.07 bits per heavy atom. The van der Waals surface area contributed by atoms with E-state index in [0.29, 0.717) is 6.61 Å². The number of benzene rings is 1. The van der Waals surface area contributed by atoms with Gasteiger partial charge in [0.15, 0.2) is 0 Å². The fourth-order valence-electron chi connectivity index (χ4n) is 2.84. The molecule has 28 heavy (non-hydrogen) atoms. The summed E-state index contributed by atoms with van der Waals surface area (Å²) in [5.41, 5.74) is 0.907. The quantitative estimate of drug-likeness (QED) is 0.301. The minimum Gasteiger partial charge on any atom is -0.464 e. The molecule has 0 aliphatic heterocycles. The van der Waals surface area contributed by atoms with E-state index in [2.05, 4.69) is 6.92 Å². The molecule has 1 amide bonds. The number of esters is 1. The Bertz CT molecular complexity index is 547. The van der Waals surface area contributed by atoms with E-state index in [1.54, 1.807) is 14.0 Å². The lowest BCUT2D eigenvalue weighted by atomic mass is 10.1. The third-order valence-corrected chi connectivity index (χ3v) is 4.91. The van der Waals surface area contributed by atoms with Crippen molar-refractivity contribution in [3.05, 3.63) is 35.9 Å². The summed E-state index contributed by atoms with van der Waals surface area (Å²) in [6.45, 7) is 4.48. The van der Waals surface area contributed by atoms with Gasteiger partial charge in [0.25, 0.3) is 0 Å². The molecule has 5 nitrogen and oxygen atoms in total. The summed E-state index contributed by atoms with van der Waals surface area (Å²) in [5, 5.41) is 0. The van der Waals surface area contributed by atoms with Crippen LogP contribution in [0.4, 0.5) is 4.79 Å². The Morgan fingerprint density at radius 2 is 1.46 bits per heavy atom. The highest BCUT2D eigenvalue weighted by molar-refractivity contribution is 5.80. The molecule has 0 aromatic heterocycles. The number of nitrogens with zero attached hydrogens (tertiary/aromatic N) is 1. The molecule has 1 aromatic rings.